The van der Waals surface area contributed by atoms with Gasteiger partial charge in [0, 0.05) is 27.1 Å². The fourth-order valence-corrected chi connectivity index (χ4v) is 5.12. The van der Waals surface area contributed by atoms with Crippen LogP contribution in [0.4, 0.5) is 0 Å². The summed E-state index contributed by atoms with van der Waals surface area (Å²) in [6, 6.07) is 3.78. The maximum Gasteiger partial charge on any atom is 0.251 e. The van der Waals surface area contributed by atoms with E-state index < -0.39 is 0 Å². The van der Waals surface area contributed by atoms with Crippen LogP contribution in [0.3, 0.4) is 0 Å². The van der Waals surface area contributed by atoms with Crippen molar-refractivity contribution < 1.29 is 4.79 Å². The van der Waals surface area contributed by atoms with E-state index in [-0.39, 0.29) is 5.91 Å². The van der Waals surface area contributed by atoms with Crippen LogP contribution in [-0.4, -0.2) is 10.5 Å². The lowest BCUT2D eigenvalue weighted by Gasteiger charge is -2.17. The molecular weight excluding hydrogens is 388 g/mol. The van der Waals surface area contributed by atoms with E-state index in [9.17, 15) is 4.79 Å². The second kappa shape index (κ2) is 7.49. The lowest BCUT2D eigenvalue weighted by Crippen LogP contribution is -2.17. The van der Waals surface area contributed by atoms with Crippen molar-refractivity contribution in [2.24, 2.45) is 11.7 Å². The minimum atomic E-state index is -0.348. The van der Waals surface area contributed by atoms with Crippen molar-refractivity contribution in [2.75, 3.05) is 0 Å². The van der Waals surface area contributed by atoms with Gasteiger partial charge in [-0.3, -0.25) is 4.79 Å². The summed E-state index contributed by atoms with van der Waals surface area (Å²) < 4.78 is 3.06. The lowest BCUT2D eigenvalue weighted by molar-refractivity contribution is 0.100. The summed E-state index contributed by atoms with van der Waals surface area (Å²) in [6.45, 7) is 2.91. The molecule has 1 saturated carbocycles. The highest BCUT2D eigenvalue weighted by Crippen LogP contribution is 2.37. The first-order chi connectivity index (χ1) is 11.5. The minimum Gasteiger partial charge on any atom is -0.366 e. The van der Waals surface area contributed by atoms with Crippen LogP contribution in [0.15, 0.2) is 16.6 Å². The fourth-order valence-electron chi connectivity index (χ4n) is 4.13. The molecule has 3 rings (SSSR count). The Kier molecular flexibility index (Phi) is 5.56. The zero-order valence-electron chi connectivity index (χ0n) is 14.1. The maximum absolute atomic E-state index is 12.3. The van der Waals surface area contributed by atoms with Crippen molar-refractivity contribution >= 4 is 44.3 Å². The average Bonchev–Trinajstić information content (AvgIpc) is 2.67. The Hall–Kier alpha value is -1.00. The van der Waals surface area contributed by atoms with E-state index in [0.717, 1.165) is 34.0 Å². The SMILES string of the molecule is CCn1c(CC2CCCCCC2)c(C(N)=O)c2c(Br)cc(Cl)cc21. The number of nitrogens with zero attached hydrogens (tertiary/aromatic N) is 1. The average molecular weight is 412 g/mol. The number of carbonyl (C=O) groups is 1. The second-order valence-electron chi connectivity index (χ2n) is 6.77. The molecule has 1 aromatic heterocycles. The van der Waals surface area contributed by atoms with Gasteiger partial charge in [-0.1, -0.05) is 66.1 Å². The highest BCUT2D eigenvalue weighted by atomic mass is 79.9. The Morgan fingerprint density at radius 3 is 2.54 bits per heavy atom. The number of nitrogens with two attached hydrogens (primary N) is 1. The van der Waals surface area contributed by atoms with E-state index in [1.54, 1.807) is 0 Å². The van der Waals surface area contributed by atoms with Crippen LogP contribution in [0.25, 0.3) is 10.9 Å². The molecule has 1 aliphatic rings. The first kappa shape index (κ1) is 17.8. The normalized spacial score (nSPS) is 16.5. The number of amides is 1. The number of aryl methyl sites for hydroxylation is 1. The fraction of sp³-hybridized carbons (Fsp3) is 0.526. The number of carbonyl (C=O) groups excluding carboxylic acids is 1. The van der Waals surface area contributed by atoms with Crippen LogP contribution < -0.4 is 5.73 Å². The molecule has 1 heterocycles. The van der Waals surface area contributed by atoms with Gasteiger partial charge in [0.2, 0.25) is 0 Å². The summed E-state index contributed by atoms with van der Waals surface area (Å²) >= 11 is 9.82. The number of benzene rings is 1. The van der Waals surface area contributed by atoms with Crippen molar-refractivity contribution in [3.63, 3.8) is 0 Å². The summed E-state index contributed by atoms with van der Waals surface area (Å²) in [4.78, 5) is 12.3. The number of rotatable bonds is 4. The van der Waals surface area contributed by atoms with Crippen molar-refractivity contribution in [1.82, 2.24) is 4.57 Å². The Bertz CT molecular complexity index is 761. The third kappa shape index (κ3) is 3.36. The molecule has 0 unspecified atom stereocenters. The van der Waals surface area contributed by atoms with E-state index >= 15 is 0 Å². The smallest absolute Gasteiger partial charge is 0.251 e. The molecule has 1 aliphatic carbocycles. The van der Waals surface area contributed by atoms with Gasteiger partial charge >= 0.3 is 0 Å². The van der Waals surface area contributed by atoms with Crippen LogP contribution in [-0.2, 0) is 13.0 Å². The van der Waals surface area contributed by atoms with Crippen LogP contribution in [0.1, 0.15) is 61.5 Å². The number of aromatic nitrogens is 1. The third-order valence-corrected chi connectivity index (χ3v) is 6.05. The molecule has 5 heteroatoms. The molecule has 24 heavy (non-hydrogen) atoms. The van der Waals surface area contributed by atoms with E-state index in [4.69, 9.17) is 17.3 Å². The molecule has 2 aromatic rings. The molecule has 1 amide bonds. The maximum atomic E-state index is 12.3. The van der Waals surface area contributed by atoms with Gasteiger partial charge in [0.25, 0.3) is 5.91 Å². The number of hydrogen-bond acceptors (Lipinski definition) is 1. The summed E-state index contributed by atoms with van der Waals surface area (Å²) in [5.74, 6) is 0.285. The van der Waals surface area contributed by atoms with Crippen LogP contribution in [0.5, 0.6) is 0 Å². The Labute approximate surface area is 156 Å². The standard InChI is InChI=1S/C19H24BrClN2O/c1-2-23-15(9-12-7-5-3-4-6-8-12)18(19(22)24)17-14(20)10-13(21)11-16(17)23/h10-12H,2-9H2,1H3,(H2,22,24). The van der Waals surface area contributed by atoms with E-state index in [1.165, 1.54) is 38.5 Å². The largest absolute Gasteiger partial charge is 0.366 e. The monoisotopic (exact) mass is 410 g/mol. The van der Waals surface area contributed by atoms with Crippen molar-refractivity contribution in [3.05, 3.63) is 32.9 Å². The number of fused-ring (bicyclic) bond motifs is 1. The van der Waals surface area contributed by atoms with Gasteiger partial charge in [0.05, 0.1) is 11.1 Å². The van der Waals surface area contributed by atoms with Gasteiger partial charge in [-0.25, -0.2) is 0 Å². The Morgan fingerprint density at radius 1 is 1.29 bits per heavy atom. The van der Waals surface area contributed by atoms with Gasteiger partial charge in [-0.05, 0) is 31.4 Å². The summed E-state index contributed by atoms with van der Waals surface area (Å²) in [7, 11) is 0. The zero-order valence-corrected chi connectivity index (χ0v) is 16.4. The van der Waals surface area contributed by atoms with Crippen LogP contribution in [0, 0.1) is 5.92 Å². The lowest BCUT2D eigenvalue weighted by atomic mass is 9.93. The molecular formula is C19H24BrClN2O. The van der Waals surface area contributed by atoms with Gasteiger partial charge < -0.3 is 10.3 Å². The van der Waals surface area contributed by atoms with Crippen LogP contribution in [0.2, 0.25) is 5.02 Å². The number of halogens is 2. The van der Waals surface area contributed by atoms with E-state index in [1.807, 2.05) is 12.1 Å². The zero-order chi connectivity index (χ0) is 17.3. The third-order valence-electron chi connectivity index (χ3n) is 5.21. The number of hydrogen-bond donors (Lipinski definition) is 1. The number of primary amides is 1. The first-order valence-corrected chi connectivity index (χ1v) is 10.00. The Balaban J connectivity index is 2.15. The molecule has 130 valence electrons. The molecule has 0 radical (unpaired) electrons. The molecule has 0 bridgehead atoms. The Morgan fingerprint density at radius 2 is 1.96 bits per heavy atom. The first-order valence-electron chi connectivity index (χ1n) is 8.82. The predicted octanol–water partition coefficient (Wildman–Crippen LogP) is 5.69. The molecule has 0 saturated heterocycles. The summed E-state index contributed by atoms with van der Waals surface area (Å²) in [5.41, 5.74) is 8.53. The summed E-state index contributed by atoms with van der Waals surface area (Å²) in [5, 5.41) is 1.57. The molecule has 1 aromatic carbocycles. The molecule has 0 atom stereocenters. The summed E-state index contributed by atoms with van der Waals surface area (Å²) in [6.07, 6.45) is 8.65. The highest BCUT2D eigenvalue weighted by molar-refractivity contribution is 9.10. The second-order valence-corrected chi connectivity index (χ2v) is 8.06. The van der Waals surface area contributed by atoms with E-state index in [2.05, 4.69) is 27.4 Å². The quantitative estimate of drug-likeness (QED) is 0.645. The van der Waals surface area contributed by atoms with Gasteiger partial charge in [-0.15, -0.1) is 0 Å². The molecule has 1 fully saturated rings. The molecule has 0 aliphatic heterocycles. The van der Waals surface area contributed by atoms with Gasteiger partial charge in [-0.2, -0.15) is 0 Å². The predicted molar refractivity (Wildman–Crippen MR) is 104 cm³/mol. The highest BCUT2D eigenvalue weighted by Gasteiger charge is 2.25. The van der Waals surface area contributed by atoms with Gasteiger partial charge in [0.1, 0.15) is 0 Å². The molecule has 2 N–H and O–H groups in total. The van der Waals surface area contributed by atoms with Crippen molar-refractivity contribution in [3.8, 4) is 0 Å². The van der Waals surface area contributed by atoms with Crippen LogP contribution >= 0.6 is 27.5 Å². The van der Waals surface area contributed by atoms with Crippen molar-refractivity contribution in [1.29, 1.82) is 0 Å². The van der Waals surface area contributed by atoms with Crippen molar-refractivity contribution in [2.45, 2.75) is 58.4 Å². The molecule has 0 spiro atoms. The molecule has 3 nitrogen and oxygen atoms in total. The topological polar surface area (TPSA) is 48.0 Å². The minimum absolute atomic E-state index is 0.348. The van der Waals surface area contributed by atoms with E-state index in [0.29, 0.717) is 16.5 Å². The van der Waals surface area contributed by atoms with Gasteiger partial charge in [0.15, 0.2) is 0 Å².